The fraction of sp³-hybridized carbons (Fsp3) is 0.533. The number of thiophene rings is 1. The summed E-state index contributed by atoms with van der Waals surface area (Å²) >= 11 is 1.38. The van der Waals surface area contributed by atoms with Gasteiger partial charge in [0.15, 0.2) is 0 Å². The molecule has 2 heterocycles. The van der Waals surface area contributed by atoms with Gasteiger partial charge < -0.3 is 15.3 Å². The molecule has 1 aromatic heterocycles. The molecule has 0 saturated carbocycles. The third-order valence-electron chi connectivity index (χ3n) is 3.31. The van der Waals surface area contributed by atoms with Crippen molar-refractivity contribution in [2.24, 2.45) is 0 Å². The summed E-state index contributed by atoms with van der Waals surface area (Å²) in [5.74, 6) is 5.31. The Balaban J connectivity index is 1.75. The van der Waals surface area contributed by atoms with Gasteiger partial charge in [-0.2, -0.15) is 0 Å². The highest BCUT2D eigenvalue weighted by Gasteiger charge is 2.13. The molecule has 1 aliphatic rings. The van der Waals surface area contributed by atoms with Gasteiger partial charge in [-0.25, -0.2) is 0 Å². The van der Waals surface area contributed by atoms with Gasteiger partial charge in [-0.05, 0) is 50.3 Å². The highest BCUT2D eigenvalue weighted by Crippen LogP contribution is 2.15. The molecular weight excluding hydrogens is 272 g/mol. The number of hydrogen-bond donors (Lipinski definition) is 2. The number of nitrogens with zero attached hydrogens (tertiary/aromatic N) is 1. The van der Waals surface area contributed by atoms with Crippen molar-refractivity contribution in [3.05, 3.63) is 21.9 Å². The molecule has 1 saturated heterocycles. The minimum Gasteiger partial charge on any atom is -0.384 e. The number of carbonyl (C=O) groups is 1. The number of amides is 1. The third-order valence-corrected chi connectivity index (χ3v) is 4.22. The minimum atomic E-state index is -0.188. The van der Waals surface area contributed by atoms with Crippen LogP contribution in [0.5, 0.6) is 0 Å². The van der Waals surface area contributed by atoms with Crippen LogP contribution in [0.3, 0.4) is 0 Å². The Hall–Kier alpha value is -1.35. The average molecular weight is 292 g/mol. The van der Waals surface area contributed by atoms with Gasteiger partial charge in [0.05, 0.1) is 0 Å². The molecule has 1 aliphatic heterocycles. The molecule has 0 aromatic carbocycles. The van der Waals surface area contributed by atoms with Crippen molar-refractivity contribution >= 4 is 17.2 Å². The molecule has 0 unspecified atom stereocenters. The van der Waals surface area contributed by atoms with Gasteiger partial charge in [0.2, 0.25) is 0 Å². The first-order chi connectivity index (χ1) is 9.81. The van der Waals surface area contributed by atoms with Gasteiger partial charge in [0.1, 0.15) is 11.5 Å². The summed E-state index contributed by atoms with van der Waals surface area (Å²) in [5, 5.41) is 13.5. The molecule has 2 N–H and O–H groups in total. The van der Waals surface area contributed by atoms with E-state index in [2.05, 4.69) is 22.1 Å². The number of likely N-dealkylation sites (tertiary alicyclic amines) is 1. The smallest absolute Gasteiger partial charge is 0.262 e. The fourth-order valence-electron chi connectivity index (χ4n) is 2.31. The fourth-order valence-corrected chi connectivity index (χ4v) is 3.07. The maximum atomic E-state index is 12.0. The van der Waals surface area contributed by atoms with Crippen molar-refractivity contribution in [3.63, 3.8) is 0 Å². The molecular formula is C15H20N2O2S. The Morgan fingerprint density at radius 3 is 3.00 bits per heavy atom. The number of rotatable bonds is 5. The molecule has 1 aromatic rings. The Morgan fingerprint density at radius 1 is 1.45 bits per heavy atom. The van der Waals surface area contributed by atoms with Crippen molar-refractivity contribution in [1.82, 2.24) is 10.2 Å². The van der Waals surface area contributed by atoms with E-state index in [4.69, 9.17) is 5.11 Å². The summed E-state index contributed by atoms with van der Waals surface area (Å²) in [6, 6.07) is 1.81. The van der Waals surface area contributed by atoms with E-state index < -0.39 is 0 Å². The van der Waals surface area contributed by atoms with Crippen molar-refractivity contribution in [2.45, 2.75) is 19.3 Å². The molecule has 4 nitrogen and oxygen atoms in total. The quantitative estimate of drug-likeness (QED) is 0.635. The lowest BCUT2D eigenvalue weighted by atomic mass is 10.2. The highest BCUT2D eigenvalue weighted by molar-refractivity contribution is 7.12. The third kappa shape index (κ3) is 4.34. The van der Waals surface area contributed by atoms with Gasteiger partial charge in [-0.15, -0.1) is 11.3 Å². The topological polar surface area (TPSA) is 52.6 Å². The van der Waals surface area contributed by atoms with Crippen molar-refractivity contribution < 1.29 is 9.90 Å². The van der Waals surface area contributed by atoms with E-state index >= 15 is 0 Å². The molecule has 5 heteroatoms. The maximum Gasteiger partial charge on any atom is 0.262 e. The Kier molecular flexibility index (Phi) is 6.06. The first kappa shape index (κ1) is 15.0. The second kappa shape index (κ2) is 8.05. The van der Waals surface area contributed by atoms with E-state index in [1.54, 1.807) is 0 Å². The van der Waals surface area contributed by atoms with Crippen LogP contribution in [-0.2, 0) is 0 Å². The molecule has 1 fully saturated rings. The van der Waals surface area contributed by atoms with E-state index in [0.29, 0.717) is 17.0 Å². The van der Waals surface area contributed by atoms with E-state index in [9.17, 15) is 4.79 Å². The second-order valence-corrected chi connectivity index (χ2v) is 5.70. The monoisotopic (exact) mass is 292 g/mol. The molecule has 0 atom stereocenters. The summed E-state index contributed by atoms with van der Waals surface area (Å²) in [7, 11) is 0. The zero-order chi connectivity index (χ0) is 14.2. The Labute approximate surface area is 123 Å². The van der Waals surface area contributed by atoms with Gasteiger partial charge >= 0.3 is 0 Å². The van der Waals surface area contributed by atoms with E-state index in [0.717, 1.165) is 13.0 Å². The normalized spacial score (nSPS) is 14.8. The second-order valence-electron chi connectivity index (χ2n) is 4.78. The number of hydrogen-bond acceptors (Lipinski definition) is 4. The largest absolute Gasteiger partial charge is 0.384 e. The molecule has 1 amide bonds. The van der Waals surface area contributed by atoms with Crippen LogP contribution in [-0.4, -0.2) is 48.7 Å². The average Bonchev–Trinajstić information content (AvgIpc) is 3.12. The summed E-state index contributed by atoms with van der Waals surface area (Å²) < 4.78 is 0. The standard InChI is InChI=1S/C15H20N2O2S/c18-11-3-5-13-6-12-20-14(13)15(19)16-7-4-10-17-8-1-2-9-17/h6,12,18H,1-2,4,7-11H2,(H,16,19). The van der Waals surface area contributed by atoms with Crippen molar-refractivity contribution in [1.29, 1.82) is 0 Å². The van der Waals surface area contributed by atoms with Crippen LogP contribution in [0.25, 0.3) is 0 Å². The molecule has 0 radical (unpaired) electrons. The molecule has 0 spiro atoms. The SMILES string of the molecule is O=C(NCCCN1CCCC1)c1sccc1C#CCO. The first-order valence-electron chi connectivity index (χ1n) is 6.99. The highest BCUT2D eigenvalue weighted by atomic mass is 32.1. The van der Waals surface area contributed by atoms with Gasteiger partial charge in [0.25, 0.3) is 5.91 Å². The van der Waals surface area contributed by atoms with Crippen LogP contribution in [0.15, 0.2) is 11.4 Å². The molecule has 108 valence electrons. The van der Waals surface area contributed by atoms with Crippen LogP contribution in [0.2, 0.25) is 0 Å². The predicted octanol–water partition coefficient (Wildman–Crippen LogP) is 1.31. The van der Waals surface area contributed by atoms with Gasteiger partial charge in [0, 0.05) is 12.1 Å². The number of aliphatic hydroxyl groups excluding tert-OH is 1. The maximum absolute atomic E-state index is 12.0. The molecule has 0 aliphatic carbocycles. The van der Waals surface area contributed by atoms with Crippen molar-refractivity contribution in [2.75, 3.05) is 32.8 Å². The van der Waals surface area contributed by atoms with E-state index in [-0.39, 0.29) is 12.5 Å². The number of carbonyl (C=O) groups excluding carboxylic acids is 1. The molecule has 0 bridgehead atoms. The lowest BCUT2D eigenvalue weighted by Gasteiger charge is -2.14. The zero-order valence-electron chi connectivity index (χ0n) is 11.5. The summed E-state index contributed by atoms with van der Waals surface area (Å²) in [5.41, 5.74) is 0.695. The Morgan fingerprint density at radius 2 is 2.25 bits per heavy atom. The van der Waals surface area contributed by atoms with Gasteiger partial charge in [-0.1, -0.05) is 11.8 Å². The predicted molar refractivity (Wildman–Crippen MR) is 80.9 cm³/mol. The summed E-state index contributed by atoms with van der Waals surface area (Å²) in [4.78, 5) is 15.1. The molecule has 20 heavy (non-hydrogen) atoms. The molecule has 2 rings (SSSR count). The van der Waals surface area contributed by atoms with Crippen LogP contribution < -0.4 is 5.32 Å². The lowest BCUT2D eigenvalue weighted by Crippen LogP contribution is -2.28. The van der Waals surface area contributed by atoms with Crippen LogP contribution in [0.1, 0.15) is 34.5 Å². The van der Waals surface area contributed by atoms with Crippen LogP contribution in [0.4, 0.5) is 0 Å². The van der Waals surface area contributed by atoms with E-state index in [1.807, 2.05) is 11.4 Å². The van der Waals surface area contributed by atoms with Crippen LogP contribution in [0, 0.1) is 11.8 Å². The summed E-state index contributed by atoms with van der Waals surface area (Å²) in [6.07, 6.45) is 3.58. The number of nitrogens with one attached hydrogen (secondary N) is 1. The lowest BCUT2D eigenvalue weighted by molar-refractivity contribution is 0.0956. The Bertz CT molecular complexity index is 495. The zero-order valence-corrected chi connectivity index (χ0v) is 12.3. The van der Waals surface area contributed by atoms with Crippen LogP contribution >= 0.6 is 11.3 Å². The minimum absolute atomic E-state index is 0.0661. The van der Waals surface area contributed by atoms with Gasteiger partial charge in [-0.3, -0.25) is 4.79 Å². The van der Waals surface area contributed by atoms with E-state index in [1.165, 1.54) is 37.3 Å². The first-order valence-corrected chi connectivity index (χ1v) is 7.87. The number of aliphatic hydroxyl groups is 1. The van der Waals surface area contributed by atoms with Crippen molar-refractivity contribution in [3.8, 4) is 11.8 Å². The summed E-state index contributed by atoms with van der Waals surface area (Å²) in [6.45, 7) is 3.95.